The molecule has 4 nitrogen and oxygen atoms in total. The lowest BCUT2D eigenvalue weighted by molar-refractivity contribution is -0.116. The van der Waals surface area contributed by atoms with Crippen molar-refractivity contribution >= 4 is 23.2 Å². The highest BCUT2D eigenvalue weighted by Crippen LogP contribution is 2.18. The molecule has 0 fully saturated rings. The van der Waals surface area contributed by atoms with E-state index < -0.39 is 0 Å². The molecule has 0 aliphatic heterocycles. The van der Waals surface area contributed by atoms with Gasteiger partial charge in [-0.15, -0.1) is 0 Å². The number of ether oxygens (including phenoxy) is 1. The van der Waals surface area contributed by atoms with Crippen molar-refractivity contribution in [3.8, 4) is 5.75 Å². The summed E-state index contributed by atoms with van der Waals surface area (Å²) in [5.41, 5.74) is 1.82. The second kappa shape index (κ2) is 9.30. The van der Waals surface area contributed by atoms with E-state index in [9.17, 15) is 4.79 Å². The van der Waals surface area contributed by atoms with E-state index in [1.165, 1.54) is 0 Å². The van der Waals surface area contributed by atoms with Crippen molar-refractivity contribution in [3.63, 3.8) is 0 Å². The average molecular weight is 347 g/mol. The van der Waals surface area contributed by atoms with Gasteiger partial charge in [-0.1, -0.05) is 37.6 Å². The molecule has 0 aromatic heterocycles. The third-order valence-corrected chi connectivity index (χ3v) is 3.61. The number of carbonyl (C=O) groups is 1. The van der Waals surface area contributed by atoms with Gasteiger partial charge in [0.2, 0.25) is 5.91 Å². The van der Waals surface area contributed by atoms with Gasteiger partial charge in [-0.25, -0.2) is 0 Å². The molecule has 2 rings (SSSR count). The molecule has 0 saturated heterocycles. The molecule has 128 valence electrons. The Morgan fingerprint density at radius 3 is 2.38 bits per heavy atom. The summed E-state index contributed by atoms with van der Waals surface area (Å²) < 4.78 is 5.72. The molecule has 0 atom stereocenters. The van der Waals surface area contributed by atoms with Gasteiger partial charge in [0, 0.05) is 29.7 Å². The van der Waals surface area contributed by atoms with Gasteiger partial charge in [-0.2, -0.15) is 0 Å². The van der Waals surface area contributed by atoms with Crippen molar-refractivity contribution in [1.29, 1.82) is 0 Å². The number of halogens is 1. The number of amides is 1. The molecule has 0 aliphatic rings. The van der Waals surface area contributed by atoms with E-state index in [0.717, 1.165) is 17.0 Å². The van der Waals surface area contributed by atoms with Gasteiger partial charge in [0.15, 0.2) is 0 Å². The first-order valence-corrected chi connectivity index (χ1v) is 8.41. The molecule has 0 aliphatic carbocycles. The number of nitrogens with one attached hydrogen (secondary N) is 2. The molecule has 0 heterocycles. The summed E-state index contributed by atoms with van der Waals surface area (Å²) >= 11 is 5.86. The van der Waals surface area contributed by atoms with Crippen molar-refractivity contribution in [2.75, 3.05) is 11.9 Å². The zero-order valence-electron chi connectivity index (χ0n) is 14.0. The van der Waals surface area contributed by atoms with E-state index in [4.69, 9.17) is 16.3 Å². The molecule has 2 N–H and O–H groups in total. The van der Waals surface area contributed by atoms with E-state index in [1.807, 2.05) is 48.5 Å². The lowest BCUT2D eigenvalue weighted by atomic mass is 10.2. The Morgan fingerprint density at radius 1 is 1.08 bits per heavy atom. The maximum absolute atomic E-state index is 11.8. The van der Waals surface area contributed by atoms with Crippen molar-refractivity contribution in [3.05, 3.63) is 59.1 Å². The van der Waals surface area contributed by atoms with Crippen LogP contribution < -0.4 is 15.4 Å². The summed E-state index contributed by atoms with van der Waals surface area (Å²) in [7, 11) is 0. The number of anilines is 1. The van der Waals surface area contributed by atoms with E-state index in [2.05, 4.69) is 24.5 Å². The Balaban J connectivity index is 1.77. The fourth-order valence-corrected chi connectivity index (χ4v) is 2.21. The Kier molecular flexibility index (Phi) is 7.09. The fourth-order valence-electron chi connectivity index (χ4n) is 2.08. The van der Waals surface area contributed by atoms with Gasteiger partial charge < -0.3 is 15.4 Å². The Bertz CT molecular complexity index is 639. The van der Waals surface area contributed by atoms with Crippen molar-refractivity contribution in [2.24, 2.45) is 0 Å². The summed E-state index contributed by atoms with van der Waals surface area (Å²) in [5.74, 6) is 0.752. The maximum atomic E-state index is 11.8. The van der Waals surface area contributed by atoms with Crippen molar-refractivity contribution in [1.82, 2.24) is 5.32 Å². The second-order valence-electron chi connectivity index (χ2n) is 5.85. The third-order valence-electron chi connectivity index (χ3n) is 3.36. The SMILES string of the molecule is CC(C)NCCC(=O)Nc1ccc(OCc2ccc(Cl)cc2)cc1. The lowest BCUT2D eigenvalue weighted by Gasteiger charge is -2.10. The molecule has 0 bridgehead atoms. The summed E-state index contributed by atoms with van der Waals surface area (Å²) in [6.45, 7) is 5.26. The highest BCUT2D eigenvalue weighted by molar-refractivity contribution is 6.30. The number of hydrogen-bond acceptors (Lipinski definition) is 3. The highest BCUT2D eigenvalue weighted by Gasteiger charge is 2.03. The molecule has 2 aromatic carbocycles. The van der Waals surface area contributed by atoms with Gasteiger partial charge in [0.1, 0.15) is 12.4 Å². The van der Waals surface area contributed by atoms with Gasteiger partial charge in [-0.3, -0.25) is 4.79 Å². The molecule has 2 aromatic rings. The average Bonchev–Trinajstić information content (AvgIpc) is 2.55. The minimum Gasteiger partial charge on any atom is -0.489 e. The summed E-state index contributed by atoms with van der Waals surface area (Å²) in [6.07, 6.45) is 0.451. The van der Waals surface area contributed by atoms with Gasteiger partial charge in [0.05, 0.1) is 0 Å². The predicted molar refractivity (Wildman–Crippen MR) is 98.6 cm³/mol. The number of rotatable bonds is 8. The van der Waals surface area contributed by atoms with Gasteiger partial charge >= 0.3 is 0 Å². The third kappa shape index (κ3) is 6.60. The van der Waals surface area contributed by atoms with E-state index in [1.54, 1.807) is 0 Å². The van der Waals surface area contributed by atoms with Crippen LogP contribution in [0.1, 0.15) is 25.8 Å². The van der Waals surface area contributed by atoms with Crippen LogP contribution in [0.5, 0.6) is 5.75 Å². The summed E-state index contributed by atoms with van der Waals surface area (Å²) in [5, 5.41) is 6.80. The van der Waals surface area contributed by atoms with Crippen molar-refractivity contribution < 1.29 is 9.53 Å². The van der Waals surface area contributed by atoms with Crippen LogP contribution in [0.4, 0.5) is 5.69 Å². The monoisotopic (exact) mass is 346 g/mol. The van der Waals surface area contributed by atoms with Crippen LogP contribution in [0.25, 0.3) is 0 Å². The zero-order valence-corrected chi connectivity index (χ0v) is 14.8. The van der Waals surface area contributed by atoms with E-state index in [0.29, 0.717) is 30.6 Å². The second-order valence-corrected chi connectivity index (χ2v) is 6.28. The van der Waals surface area contributed by atoms with Gasteiger partial charge in [0.25, 0.3) is 0 Å². The first kappa shape index (κ1) is 18.3. The fraction of sp³-hybridized carbons (Fsp3) is 0.316. The Hall–Kier alpha value is -2.04. The minimum absolute atomic E-state index is 0.00187. The first-order valence-electron chi connectivity index (χ1n) is 8.03. The van der Waals surface area contributed by atoms with Crippen LogP contribution in [-0.4, -0.2) is 18.5 Å². The largest absolute Gasteiger partial charge is 0.489 e. The smallest absolute Gasteiger partial charge is 0.225 e. The zero-order chi connectivity index (χ0) is 17.4. The van der Waals surface area contributed by atoms with E-state index >= 15 is 0 Å². The predicted octanol–water partition coefficient (Wildman–Crippen LogP) is 4.25. The molecule has 24 heavy (non-hydrogen) atoms. The molecule has 1 amide bonds. The topological polar surface area (TPSA) is 50.4 Å². The summed E-state index contributed by atoms with van der Waals surface area (Å²) in [4.78, 5) is 11.8. The van der Waals surface area contributed by atoms with Gasteiger partial charge in [-0.05, 0) is 42.0 Å². The first-order chi connectivity index (χ1) is 11.5. The van der Waals surface area contributed by atoms with Crippen LogP contribution >= 0.6 is 11.6 Å². The van der Waals surface area contributed by atoms with E-state index in [-0.39, 0.29) is 5.91 Å². The van der Waals surface area contributed by atoms with Crippen LogP contribution in [0.3, 0.4) is 0 Å². The standard InChI is InChI=1S/C19H23ClN2O2/c1-14(2)21-12-11-19(23)22-17-7-9-18(10-8-17)24-13-15-3-5-16(20)6-4-15/h3-10,14,21H,11-13H2,1-2H3,(H,22,23). The Labute approximate surface area is 148 Å². The van der Waals surface area contributed by atoms with Crippen LogP contribution in [-0.2, 0) is 11.4 Å². The molecule has 5 heteroatoms. The number of hydrogen-bond donors (Lipinski definition) is 2. The quantitative estimate of drug-likeness (QED) is 0.751. The van der Waals surface area contributed by atoms with Crippen LogP contribution in [0.2, 0.25) is 5.02 Å². The molecular weight excluding hydrogens is 324 g/mol. The maximum Gasteiger partial charge on any atom is 0.225 e. The molecular formula is C19H23ClN2O2. The minimum atomic E-state index is -0.00187. The molecule has 0 spiro atoms. The lowest BCUT2D eigenvalue weighted by Crippen LogP contribution is -2.27. The van der Waals surface area contributed by atoms with Crippen molar-refractivity contribution in [2.45, 2.75) is 32.9 Å². The van der Waals surface area contributed by atoms with Crippen LogP contribution in [0.15, 0.2) is 48.5 Å². The van der Waals surface area contributed by atoms with Crippen LogP contribution in [0, 0.1) is 0 Å². The number of benzene rings is 2. The summed E-state index contributed by atoms with van der Waals surface area (Å²) in [6, 6.07) is 15.3. The molecule has 0 saturated carbocycles. The molecule has 0 radical (unpaired) electrons. The Morgan fingerprint density at radius 2 is 1.75 bits per heavy atom. The highest BCUT2D eigenvalue weighted by atomic mass is 35.5. The molecule has 0 unspecified atom stereocenters. The normalized spacial score (nSPS) is 10.7. The number of carbonyl (C=O) groups excluding carboxylic acids is 1.